The summed E-state index contributed by atoms with van der Waals surface area (Å²) in [4.78, 5) is 2.30. The van der Waals surface area contributed by atoms with Crippen LogP contribution in [0.15, 0.2) is 0 Å². The molecule has 0 spiro atoms. The number of nitrogens with two attached hydrogens (primary N) is 1. The lowest BCUT2D eigenvalue weighted by Crippen LogP contribution is -2.44. The predicted molar refractivity (Wildman–Crippen MR) is 65.0 cm³/mol. The molecule has 0 aromatic heterocycles. The zero-order valence-electron chi connectivity index (χ0n) is 9.77. The van der Waals surface area contributed by atoms with Gasteiger partial charge in [0.05, 0.1) is 11.5 Å². The van der Waals surface area contributed by atoms with Crippen molar-refractivity contribution in [2.45, 2.75) is 31.7 Å². The van der Waals surface area contributed by atoms with Crippen LogP contribution in [0.2, 0.25) is 0 Å². The standard InChI is InChI=1S/C11H22N2O2S/c12-11-3-1-2-10(8-11)9-13-4-6-16(14,15)7-5-13/h10-11H,1-9,12H2. The normalized spacial score (nSPS) is 36.1. The predicted octanol–water partition coefficient (Wildman–Crippen LogP) is 0.234. The monoisotopic (exact) mass is 246 g/mol. The summed E-state index contributed by atoms with van der Waals surface area (Å²) < 4.78 is 22.6. The summed E-state index contributed by atoms with van der Waals surface area (Å²) in [6, 6.07) is 0.368. The molecule has 16 heavy (non-hydrogen) atoms. The molecule has 2 rings (SSSR count). The van der Waals surface area contributed by atoms with Gasteiger partial charge in [-0.1, -0.05) is 6.42 Å². The van der Waals surface area contributed by atoms with Crippen LogP contribution in [0, 0.1) is 5.92 Å². The maximum atomic E-state index is 11.3. The van der Waals surface area contributed by atoms with Crippen LogP contribution in [0.25, 0.3) is 0 Å². The Labute approximate surface area is 98.1 Å². The van der Waals surface area contributed by atoms with E-state index in [2.05, 4.69) is 4.90 Å². The van der Waals surface area contributed by atoms with Crippen LogP contribution in [0.3, 0.4) is 0 Å². The molecule has 4 nitrogen and oxygen atoms in total. The van der Waals surface area contributed by atoms with E-state index < -0.39 is 9.84 Å². The lowest BCUT2D eigenvalue weighted by Gasteiger charge is -2.33. The molecule has 0 aromatic carbocycles. The van der Waals surface area contributed by atoms with Crippen LogP contribution in [0.4, 0.5) is 0 Å². The first-order valence-corrected chi connectivity index (χ1v) is 8.06. The summed E-state index contributed by atoms with van der Waals surface area (Å²) in [6.45, 7) is 2.48. The van der Waals surface area contributed by atoms with Crippen molar-refractivity contribution in [2.24, 2.45) is 11.7 Å². The van der Waals surface area contributed by atoms with Crippen molar-refractivity contribution < 1.29 is 8.42 Å². The van der Waals surface area contributed by atoms with Gasteiger partial charge in [-0.2, -0.15) is 0 Å². The minimum absolute atomic E-state index is 0.339. The van der Waals surface area contributed by atoms with Gasteiger partial charge in [0.2, 0.25) is 0 Å². The van der Waals surface area contributed by atoms with E-state index in [4.69, 9.17) is 5.73 Å². The maximum Gasteiger partial charge on any atom is 0.152 e. The van der Waals surface area contributed by atoms with Crippen LogP contribution >= 0.6 is 0 Å². The first kappa shape index (κ1) is 12.3. The molecule has 0 amide bonds. The Morgan fingerprint density at radius 3 is 2.50 bits per heavy atom. The topological polar surface area (TPSA) is 63.4 Å². The third-order valence-electron chi connectivity index (χ3n) is 3.78. The second-order valence-electron chi connectivity index (χ2n) is 5.25. The molecule has 2 fully saturated rings. The van der Waals surface area contributed by atoms with E-state index in [0.29, 0.717) is 36.6 Å². The first-order chi connectivity index (χ1) is 7.55. The summed E-state index contributed by atoms with van der Waals surface area (Å²) in [5.41, 5.74) is 5.96. The average molecular weight is 246 g/mol. The Hall–Kier alpha value is -0.130. The van der Waals surface area contributed by atoms with Crippen molar-refractivity contribution in [3.05, 3.63) is 0 Å². The minimum Gasteiger partial charge on any atom is -0.328 e. The minimum atomic E-state index is -2.73. The van der Waals surface area contributed by atoms with Crippen LogP contribution < -0.4 is 5.73 Å². The lowest BCUT2D eigenvalue weighted by atomic mass is 9.86. The second kappa shape index (κ2) is 5.02. The van der Waals surface area contributed by atoms with E-state index >= 15 is 0 Å². The first-order valence-electron chi connectivity index (χ1n) is 6.23. The highest BCUT2D eigenvalue weighted by molar-refractivity contribution is 7.91. The van der Waals surface area contributed by atoms with Gasteiger partial charge in [0.25, 0.3) is 0 Å². The quantitative estimate of drug-likeness (QED) is 0.758. The smallest absolute Gasteiger partial charge is 0.152 e. The van der Waals surface area contributed by atoms with Crippen molar-refractivity contribution in [1.82, 2.24) is 4.90 Å². The number of rotatable bonds is 2. The lowest BCUT2D eigenvalue weighted by molar-refractivity contribution is 0.203. The van der Waals surface area contributed by atoms with E-state index in [1.54, 1.807) is 0 Å². The fraction of sp³-hybridized carbons (Fsp3) is 1.00. The Balaban J connectivity index is 1.78. The van der Waals surface area contributed by atoms with Gasteiger partial charge in [0.15, 0.2) is 9.84 Å². The molecule has 0 bridgehead atoms. The number of sulfone groups is 1. The molecule has 2 unspecified atom stereocenters. The van der Waals surface area contributed by atoms with Crippen LogP contribution in [-0.4, -0.2) is 50.5 Å². The molecule has 1 saturated carbocycles. The van der Waals surface area contributed by atoms with E-state index in [0.717, 1.165) is 19.4 Å². The summed E-state index contributed by atoms with van der Waals surface area (Å²) in [6.07, 6.45) is 4.77. The van der Waals surface area contributed by atoms with E-state index in [9.17, 15) is 8.42 Å². The molecule has 1 saturated heterocycles. The second-order valence-corrected chi connectivity index (χ2v) is 7.55. The number of nitrogens with zero attached hydrogens (tertiary/aromatic N) is 1. The van der Waals surface area contributed by atoms with Crippen LogP contribution in [0.5, 0.6) is 0 Å². The van der Waals surface area contributed by atoms with Crippen molar-refractivity contribution in [2.75, 3.05) is 31.1 Å². The molecule has 1 aliphatic heterocycles. The summed E-state index contributed by atoms with van der Waals surface area (Å²) in [5, 5.41) is 0. The molecular weight excluding hydrogens is 224 g/mol. The Kier molecular flexibility index (Phi) is 3.87. The summed E-state index contributed by atoms with van der Waals surface area (Å²) in [7, 11) is -2.73. The fourth-order valence-electron chi connectivity index (χ4n) is 2.80. The molecule has 1 heterocycles. The zero-order valence-corrected chi connectivity index (χ0v) is 10.6. The number of hydrogen-bond donors (Lipinski definition) is 1. The Morgan fingerprint density at radius 2 is 1.88 bits per heavy atom. The molecule has 2 atom stereocenters. The third-order valence-corrected chi connectivity index (χ3v) is 5.39. The van der Waals surface area contributed by atoms with Gasteiger partial charge in [-0.05, 0) is 25.2 Å². The van der Waals surface area contributed by atoms with Crippen molar-refractivity contribution in [1.29, 1.82) is 0 Å². The highest BCUT2D eigenvalue weighted by Crippen LogP contribution is 2.24. The Morgan fingerprint density at radius 1 is 1.19 bits per heavy atom. The number of hydrogen-bond acceptors (Lipinski definition) is 4. The summed E-state index contributed by atoms with van der Waals surface area (Å²) in [5.74, 6) is 1.36. The molecule has 0 aromatic rings. The molecule has 2 aliphatic rings. The van der Waals surface area contributed by atoms with Crippen LogP contribution in [-0.2, 0) is 9.84 Å². The third kappa shape index (κ3) is 3.43. The average Bonchev–Trinajstić information content (AvgIpc) is 2.21. The van der Waals surface area contributed by atoms with Gasteiger partial charge >= 0.3 is 0 Å². The van der Waals surface area contributed by atoms with Crippen molar-refractivity contribution >= 4 is 9.84 Å². The fourth-order valence-corrected chi connectivity index (χ4v) is 4.07. The van der Waals surface area contributed by atoms with Crippen LogP contribution in [0.1, 0.15) is 25.7 Å². The van der Waals surface area contributed by atoms with E-state index in [1.165, 1.54) is 12.8 Å². The molecule has 5 heteroatoms. The highest BCUT2D eigenvalue weighted by Gasteiger charge is 2.25. The van der Waals surface area contributed by atoms with Gasteiger partial charge in [-0.25, -0.2) is 8.42 Å². The largest absolute Gasteiger partial charge is 0.328 e. The zero-order chi connectivity index (χ0) is 11.6. The molecule has 0 radical (unpaired) electrons. The molecular formula is C11H22N2O2S. The molecule has 94 valence electrons. The van der Waals surface area contributed by atoms with Gasteiger partial charge in [0, 0.05) is 25.7 Å². The van der Waals surface area contributed by atoms with Gasteiger partial charge in [-0.15, -0.1) is 0 Å². The Bertz CT molecular complexity index is 315. The van der Waals surface area contributed by atoms with Gasteiger partial charge < -0.3 is 10.6 Å². The van der Waals surface area contributed by atoms with Crippen molar-refractivity contribution in [3.63, 3.8) is 0 Å². The van der Waals surface area contributed by atoms with E-state index in [1.807, 2.05) is 0 Å². The molecule has 1 aliphatic carbocycles. The van der Waals surface area contributed by atoms with E-state index in [-0.39, 0.29) is 0 Å². The molecule has 2 N–H and O–H groups in total. The summed E-state index contributed by atoms with van der Waals surface area (Å²) >= 11 is 0. The van der Waals surface area contributed by atoms with Crippen molar-refractivity contribution in [3.8, 4) is 0 Å². The van der Waals surface area contributed by atoms with Gasteiger partial charge in [-0.3, -0.25) is 0 Å². The SMILES string of the molecule is NC1CCCC(CN2CCS(=O)(=O)CC2)C1. The highest BCUT2D eigenvalue weighted by atomic mass is 32.2. The maximum absolute atomic E-state index is 11.3. The van der Waals surface area contributed by atoms with Gasteiger partial charge in [0.1, 0.15) is 0 Å².